The summed E-state index contributed by atoms with van der Waals surface area (Å²) in [6.07, 6.45) is 4.39. The van der Waals surface area contributed by atoms with Crippen molar-refractivity contribution in [1.29, 1.82) is 0 Å². The van der Waals surface area contributed by atoms with Crippen LogP contribution in [-0.2, 0) is 4.79 Å². The van der Waals surface area contributed by atoms with Crippen LogP contribution in [0.4, 0.5) is 0 Å². The summed E-state index contributed by atoms with van der Waals surface area (Å²) in [6, 6.07) is -0.144. The molecule has 88 valence electrons. The lowest BCUT2D eigenvalue weighted by molar-refractivity contribution is -0.134. The Bertz CT molecular complexity index is 201. The van der Waals surface area contributed by atoms with Crippen molar-refractivity contribution in [3.8, 4) is 0 Å². The van der Waals surface area contributed by atoms with Crippen molar-refractivity contribution in [2.75, 3.05) is 20.2 Å². The van der Waals surface area contributed by atoms with E-state index in [1.165, 1.54) is 6.42 Å². The first-order chi connectivity index (χ1) is 7.16. The Morgan fingerprint density at radius 2 is 2.27 bits per heavy atom. The van der Waals surface area contributed by atoms with E-state index in [2.05, 4.69) is 5.32 Å². The number of amides is 1. The summed E-state index contributed by atoms with van der Waals surface area (Å²) in [5.74, 6) is 0.110. The van der Waals surface area contributed by atoms with Gasteiger partial charge in [-0.3, -0.25) is 4.79 Å². The Morgan fingerprint density at radius 1 is 1.53 bits per heavy atom. The van der Waals surface area contributed by atoms with Crippen LogP contribution in [0.1, 0.15) is 32.6 Å². The zero-order chi connectivity index (χ0) is 11.3. The SMILES string of the molecule is CC(CO)N(C)C(=O)C1CCCCCN1. The molecule has 0 bridgehead atoms. The van der Waals surface area contributed by atoms with Gasteiger partial charge in [0.25, 0.3) is 0 Å². The zero-order valence-electron chi connectivity index (χ0n) is 9.70. The standard InChI is InChI=1S/C11H22N2O2/c1-9(8-14)13(2)11(15)10-6-4-3-5-7-12-10/h9-10,12,14H,3-8H2,1-2H3. The molecule has 4 nitrogen and oxygen atoms in total. The van der Waals surface area contributed by atoms with Crippen molar-refractivity contribution < 1.29 is 9.90 Å². The van der Waals surface area contributed by atoms with Crippen molar-refractivity contribution in [2.45, 2.75) is 44.7 Å². The molecule has 2 atom stereocenters. The maximum absolute atomic E-state index is 12.0. The fourth-order valence-corrected chi connectivity index (χ4v) is 1.82. The first kappa shape index (κ1) is 12.5. The van der Waals surface area contributed by atoms with Crippen LogP contribution in [0.3, 0.4) is 0 Å². The fourth-order valence-electron chi connectivity index (χ4n) is 1.82. The topological polar surface area (TPSA) is 52.6 Å². The van der Waals surface area contributed by atoms with Gasteiger partial charge in [-0.1, -0.05) is 12.8 Å². The summed E-state index contributed by atoms with van der Waals surface area (Å²) in [5.41, 5.74) is 0. The van der Waals surface area contributed by atoms with Crippen LogP contribution >= 0.6 is 0 Å². The normalized spacial score (nSPS) is 24.3. The Balaban J connectivity index is 2.49. The molecule has 2 N–H and O–H groups in total. The van der Waals surface area contributed by atoms with Crippen LogP contribution in [0.5, 0.6) is 0 Å². The lowest BCUT2D eigenvalue weighted by atomic mass is 10.1. The average molecular weight is 214 g/mol. The second kappa shape index (κ2) is 6.08. The average Bonchev–Trinajstić information content (AvgIpc) is 2.54. The number of aliphatic hydroxyl groups excluding tert-OH is 1. The molecule has 0 saturated carbocycles. The minimum absolute atomic E-state index is 0.0228. The Hall–Kier alpha value is -0.610. The third-order valence-electron chi connectivity index (χ3n) is 3.13. The lowest BCUT2D eigenvalue weighted by Crippen LogP contribution is -2.48. The number of rotatable bonds is 3. The van der Waals surface area contributed by atoms with E-state index in [4.69, 9.17) is 5.11 Å². The van der Waals surface area contributed by atoms with Crippen molar-refractivity contribution in [3.63, 3.8) is 0 Å². The van der Waals surface area contributed by atoms with E-state index >= 15 is 0 Å². The molecule has 0 aromatic rings. The zero-order valence-corrected chi connectivity index (χ0v) is 9.70. The highest BCUT2D eigenvalue weighted by molar-refractivity contribution is 5.81. The Kier molecular flexibility index (Phi) is 5.05. The molecule has 0 radical (unpaired) electrons. The lowest BCUT2D eigenvalue weighted by Gasteiger charge is -2.27. The molecule has 0 aliphatic carbocycles. The second-order valence-corrected chi connectivity index (χ2v) is 4.34. The van der Waals surface area contributed by atoms with Gasteiger partial charge in [-0.2, -0.15) is 0 Å². The van der Waals surface area contributed by atoms with Crippen molar-refractivity contribution in [2.24, 2.45) is 0 Å². The highest BCUT2D eigenvalue weighted by Crippen LogP contribution is 2.11. The molecule has 15 heavy (non-hydrogen) atoms. The minimum atomic E-state index is -0.0949. The third-order valence-corrected chi connectivity index (χ3v) is 3.13. The van der Waals surface area contributed by atoms with Gasteiger partial charge in [0.2, 0.25) is 5.91 Å². The van der Waals surface area contributed by atoms with Crippen LogP contribution in [0.2, 0.25) is 0 Å². The Labute approximate surface area is 91.6 Å². The van der Waals surface area contributed by atoms with E-state index < -0.39 is 0 Å². The van der Waals surface area contributed by atoms with Crippen LogP contribution in [0, 0.1) is 0 Å². The smallest absolute Gasteiger partial charge is 0.239 e. The largest absolute Gasteiger partial charge is 0.394 e. The van der Waals surface area contributed by atoms with E-state index in [1.807, 2.05) is 6.92 Å². The van der Waals surface area contributed by atoms with E-state index in [-0.39, 0.29) is 24.6 Å². The molecule has 1 fully saturated rings. The summed E-state index contributed by atoms with van der Waals surface area (Å²) in [5, 5.41) is 12.3. The highest BCUT2D eigenvalue weighted by atomic mass is 16.3. The summed E-state index contributed by atoms with van der Waals surface area (Å²) in [4.78, 5) is 13.6. The van der Waals surface area contributed by atoms with Gasteiger partial charge in [0.1, 0.15) is 0 Å². The summed E-state index contributed by atoms with van der Waals surface area (Å²) >= 11 is 0. The van der Waals surface area contributed by atoms with Crippen molar-refractivity contribution in [3.05, 3.63) is 0 Å². The van der Waals surface area contributed by atoms with E-state index in [9.17, 15) is 4.79 Å². The number of aliphatic hydroxyl groups is 1. The first-order valence-electron chi connectivity index (χ1n) is 5.77. The van der Waals surface area contributed by atoms with Crippen LogP contribution < -0.4 is 5.32 Å². The number of nitrogens with one attached hydrogen (secondary N) is 1. The van der Waals surface area contributed by atoms with Crippen molar-refractivity contribution in [1.82, 2.24) is 10.2 Å². The van der Waals surface area contributed by atoms with Crippen LogP contribution in [0.15, 0.2) is 0 Å². The number of carbonyl (C=O) groups excluding carboxylic acids is 1. The van der Waals surface area contributed by atoms with Gasteiger partial charge in [0.15, 0.2) is 0 Å². The van der Waals surface area contributed by atoms with Gasteiger partial charge in [-0.05, 0) is 26.3 Å². The molecular weight excluding hydrogens is 192 g/mol. The van der Waals surface area contributed by atoms with Gasteiger partial charge in [-0.25, -0.2) is 0 Å². The van der Waals surface area contributed by atoms with Gasteiger partial charge in [0.05, 0.1) is 18.7 Å². The fraction of sp³-hybridized carbons (Fsp3) is 0.909. The first-order valence-corrected chi connectivity index (χ1v) is 5.77. The molecule has 0 aromatic heterocycles. The predicted molar refractivity (Wildman–Crippen MR) is 59.6 cm³/mol. The Morgan fingerprint density at radius 3 is 2.93 bits per heavy atom. The highest BCUT2D eigenvalue weighted by Gasteiger charge is 2.24. The number of hydrogen-bond acceptors (Lipinski definition) is 3. The van der Waals surface area contributed by atoms with Gasteiger partial charge >= 0.3 is 0 Å². The summed E-state index contributed by atoms with van der Waals surface area (Å²) < 4.78 is 0. The molecule has 4 heteroatoms. The molecule has 1 rings (SSSR count). The molecule has 0 spiro atoms. The molecule has 0 aromatic carbocycles. The maximum atomic E-state index is 12.0. The van der Waals surface area contributed by atoms with Crippen LogP contribution in [0.25, 0.3) is 0 Å². The number of hydrogen-bond donors (Lipinski definition) is 2. The third kappa shape index (κ3) is 3.47. The second-order valence-electron chi connectivity index (χ2n) is 4.34. The van der Waals surface area contributed by atoms with E-state index in [1.54, 1.807) is 11.9 Å². The number of nitrogens with zero attached hydrogens (tertiary/aromatic N) is 1. The molecule has 1 aliphatic rings. The number of likely N-dealkylation sites (N-methyl/N-ethyl adjacent to an activating group) is 1. The van der Waals surface area contributed by atoms with Gasteiger partial charge < -0.3 is 15.3 Å². The minimum Gasteiger partial charge on any atom is -0.394 e. The molecule has 1 amide bonds. The van der Waals surface area contributed by atoms with E-state index in [0.717, 1.165) is 25.8 Å². The molecule has 1 heterocycles. The maximum Gasteiger partial charge on any atom is 0.239 e. The predicted octanol–water partition coefficient (Wildman–Crippen LogP) is 0.358. The molecule has 1 saturated heterocycles. The molecule has 1 aliphatic heterocycles. The summed E-state index contributed by atoms with van der Waals surface area (Å²) in [6.45, 7) is 2.81. The summed E-state index contributed by atoms with van der Waals surface area (Å²) in [7, 11) is 1.76. The number of carbonyl (C=O) groups is 1. The van der Waals surface area contributed by atoms with Crippen LogP contribution in [-0.4, -0.2) is 48.2 Å². The molecular formula is C11H22N2O2. The monoisotopic (exact) mass is 214 g/mol. The quantitative estimate of drug-likeness (QED) is 0.713. The van der Waals surface area contributed by atoms with Gasteiger partial charge in [0, 0.05) is 7.05 Å². The van der Waals surface area contributed by atoms with E-state index in [0.29, 0.717) is 0 Å². The van der Waals surface area contributed by atoms with Crippen molar-refractivity contribution >= 4 is 5.91 Å². The van der Waals surface area contributed by atoms with Gasteiger partial charge in [-0.15, -0.1) is 0 Å². The molecule has 2 unspecified atom stereocenters.